The molecule has 1 fully saturated rings. The number of fused-ring (bicyclic) bond motifs is 2. The summed E-state index contributed by atoms with van der Waals surface area (Å²) in [5.74, 6) is 0.530. The lowest BCUT2D eigenvalue weighted by molar-refractivity contribution is -0.114. The van der Waals surface area contributed by atoms with E-state index >= 15 is 0 Å². The quantitative estimate of drug-likeness (QED) is 0.224. The molecule has 5 rings (SSSR count). The molecule has 2 heterocycles. The third-order valence-corrected chi connectivity index (χ3v) is 9.26. The number of allylic oxidation sites excluding steroid dienone is 1. The van der Waals surface area contributed by atoms with Gasteiger partial charge in [0, 0.05) is 34.3 Å². The second kappa shape index (κ2) is 12.1. The molecule has 0 saturated heterocycles. The summed E-state index contributed by atoms with van der Waals surface area (Å²) in [6.07, 6.45) is 2.31. The Morgan fingerprint density at radius 1 is 1.12 bits per heavy atom. The third kappa shape index (κ3) is 6.33. The number of nitrogens with one attached hydrogen (secondary N) is 2. The van der Waals surface area contributed by atoms with Crippen molar-refractivity contribution in [1.82, 2.24) is 14.9 Å². The SMILES string of the molecule is C=C(N1Cc2cc(CC)c(Nc3ncc(O)c(Nc4ccccc4SC(C)C)n3)cc2C2(CCCCC2)C1)C(F)(F)F. The Hall–Kier alpha value is -3.40. The van der Waals surface area contributed by atoms with Crippen molar-refractivity contribution in [2.45, 2.75) is 87.6 Å². The first-order valence-corrected chi connectivity index (χ1v) is 15.4. The molecule has 6 nitrogen and oxygen atoms in total. The summed E-state index contributed by atoms with van der Waals surface area (Å²) in [6, 6.07) is 12.0. The number of aromatic hydroxyl groups is 1. The molecule has 1 aromatic heterocycles. The Morgan fingerprint density at radius 3 is 2.55 bits per heavy atom. The summed E-state index contributed by atoms with van der Waals surface area (Å²) in [7, 11) is 0. The van der Waals surface area contributed by atoms with E-state index in [1.165, 1.54) is 11.1 Å². The van der Waals surface area contributed by atoms with Gasteiger partial charge in [0.25, 0.3) is 0 Å². The molecule has 3 N–H and O–H groups in total. The normalized spacial score (nSPS) is 16.4. The summed E-state index contributed by atoms with van der Waals surface area (Å²) >= 11 is 1.71. The predicted molar refractivity (Wildman–Crippen MR) is 164 cm³/mol. The van der Waals surface area contributed by atoms with E-state index in [2.05, 4.69) is 47.1 Å². The number of benzene rings is 2. The molecule has 1 spiro atoms. The van der Waals surface area contributed by atoms with Crippen molar-refractivity contribution in [2.75, 3.05) is 17.2 Å². The number of alkyl halides is 3. The van der Waals surface area contributed by atoms with E-state index < -0.39 is 11.9 Å². The van der Waals surface area contributed by atoms with Crippen molar-refractivity contribution in [3.63, 3.8) is 0 Å². The number of thioether (sulfide) groups is 1. The monoisotopic (exact) mass is 597 g/mol. The van der Waals surface area contributed by atoms with Crippen LogP contribution in [0, 0.1) is 0 Å². The van der Waals surface area contributed by atoms with Crippen molar-refractivity contribution >= 4 is 34.9 Å². The van der Waals surface area contributed by atoms with E-state index in [1.54, 1.807) is 11.8 Å². The van der Waals surface area contributed by atoms with Gasteiger partial charge < -0.3 is 20.6 Å². The number of hydrogen-bond acceptors (Lipinski definition) is 7. The highest BCUT2D eigenvalue weighted by Gasteiger charge is 2.45. The van der Waals surface area contributed by atoms with E-state index in [9.17, 15) is 18.3 Å². The van der Waals surface area contributed by atoms with Crippen LogP contribution in [0.3, 0.4) is 0 Å². The Morgan fingerprint density at radius 2 is 1.86 bits per heavy atom. The summed E-state index contributed by atoms with van der Waals surface area (Å²) in [6.45, 7) is 10.2. The molecular formula is C32H38F3N5OS. The van der Waals surface area contributed by atoms with Crippen LogP contribution < -0.4 is 10.6 Å². The smallest absolute Gasteiger partial charge is 0.430 e. The van der Waals surface area contributed by atoms with Gasteiger partial charge in [-0.25, -0.2) is 4.98 Å². The molecule has 2 aliphatic rings. The third-order valence-electron chi connectivity index (χ3n) is 8.17. The average Bonchev–Trinajstić information content (AvgIpc) is 2.95. The molecular weight excluding hydrogens is 559 g/mol. The molecule has 224 valence electrons. The van der Waals surface area contributed by atoms with Crippen LogP contribution in [0.4, 0.5) is 36.3 Å². The maximum atomic E-state index is 13.7. The Bertz CT molecular complexity index is 1450. The molecule has 1 saturated carbocycles. The van der Waals surface area contributed by atoms with Crippen molar-refractivity contribution < 1.29 is 18.3 Å². The minimum atomic E-state index is -4.46. The van der Waals surface area contributed by atoms with Crippen LogP contribution in [0.25, 0.3) is 0 Å². The van der Waals surface area contributed by atoms with Crippen molar-refractivity contribution in [3.05, 3.63) is 71.6 Å². The molecule has 0 amide bonds. The van der Waals surface area contributed by atoms with Crippen molar-refractivity contribution in [3.8, 4) is 5.75 Å². The van der Waals surface area contributed by atoms with Gasteiger partial charge in [0.05, 0.1) is 11.9 Å². The van der Waals surface area contributed by atoms with Gasteiger partial charge in [-0.05, 0) is 54.2 Å². The fraction of sp³-hybridized carbons (Fsp3) is 0.438. The fourth-order valence-corrected chi connectivity index (χ4v) is 7.08. The molecule has 10 heteroatoms. The van der Waals surface area contributed by atoms with Crippen LogP contribution in [0.5, 0.6) is 5.75 Å². The fourth-order valence-electron chi connectivity index (χ4n) is 6.17. The Kier molecular flexibility index (Phi) is 8.64. The molecule has 0 radical (unpaired) electrons. The van der Waals surface area contributed by atoms with E-state index in [-0.39, 0.29) is 23.5 Å². The van der Waals surface area contributed by atoms with Gasteiger partial charge in [-0.1, -0.05) is 64.8 Å². The van der Waals surface area contributed by atoms with Crippen LogP contribution in [0.15, 0.2) is 59.8 Å². The van der Waals surface area contributed by atoms with Crippen molar-refractivity contribution in [2.24, 2.45) is 0 Å². The highest BCUT2D eigenvalue weighted by Crippen LogP contribution is 2.48. The van der Waals surface area contributed by atoms with E-state index in [1.807, 2.05) is 37.3 Å². The zero-order valence-corrected chi connectivity index (χ0v) is 25.1. The first-order chi connectivity index (χ1) is 20.0. The van der Waals surface area contributed by atoms with Crippen LogP contribution in [-0.4, -0.2) is 37.9 Å². The van der Waals surface area contributed by atoms with Crippen molar-refractivity contribution in [1.29, 1.82) is 0 Å². The number of rotatable bonds is 8. The second-order valence-corrected chi connectivity index (χ2v) is 13.1. The largest absolute Gasteiger partial charge is 0.503 e. The maximum absolute atomic E-state index is 13.7. The number of aromatic nitrogens is 2. The summed E-state index contributed by atoms with van der Waals surface area (Å²) < 4.78 is 41.1. The van der Waals surface area contributed by atoms with Gasteiger partial charge in [-0.15, -0.1) is 11.8 Å². The highest BCUT2D eigenvalue weighted by molar-refractivity contribution is 8.00. The van der Waals surface area contributed by atoms with Crippen LogP contribution in [0.2, 0.25) is 0 Å². The topological polar surface area (TPSA) is 73.3 Å². The van der Waals surface area contributed by atoms with Crippen LogP contribution >= 0.6 is 11.8 Å². The predicted octanol–water partition coefficient (Wildman–Crippen LogP) is 8.83. The average molecular weight is 598 g/mol. The number of aryl methyl sites for hydroxylation is 1. The molecule has 42 heavy (non-hydrogen) atoms. The highest BCUT2D eigenvalue weighted by atomic mass is 32.2. The summed E-state index contributed by atoms with van der Waals surface area (Å²) in [4.78, 5) is 11.4. The van der Waals surface area contributed by atoms with Crippen LogP contribution in [0.1, 0.15) is 69.6 Å². The molecule has 0 bridgehead atoms. The lowest BCUT2D eigenvalue weighted by Gasteiger charge is -2.48. The van der Waals surface area contributed by atoms with Gasteiger partial charge >= 0.3 is 6.18 Å². The minimum Gasteiger partial charge on any atom is -0.503 e. The molecule has 1 aliphatic heterocycles. The van der Waals surface area contributed by atoms with Crippen LogP contribution in [-0.2, 0) is 18.4 Å². The second-order valence-electron chi connectivity index (χ2n) is 11.5. The number of nitrogens with zero attached hydrogens (tertiary/aromatic N) is 3. The number of hydrogen-bond donors (Lipinski definition) is 3. The van der Waals surface area contributed by atoms with Gasteiger partial charge in [-0.2, -0.15) is 18.2 Å². The van der Waals surface area contributed by atoms with E-state index in [4.69, 9.17) is 0 Å². The zero-order chi connectivity index (χ0) is 30.1. The lowest BCUT2D eigenvalue weighted by atomic mass is 9.65. The number of para-hydroxylation sites is 1. The van der Waals surface area contributed by atoms with E-state index in [0.717, 1.165) is 65.1 Å². The molecule has 1 aliphatic carbocycles. The van der Waals surface area contributed by atoms with Gasteiger partial charge in [0.2, 0.25) is 5.95 Å². The molecule has 3 aromatic rings. The van der Waals surface area contributed by atoms with Gasteiger partial charge in [0.15, 0.2) is 11.6 Å². The lowest BCUT2D eigenvalue weighted by Crippen LogP contribution is -2.48. The summed E-state index contributed by atoms with van der Waals surface area (Å²) in [5.41, 5.74) is 3.51. The summed E-state index contributed by atoms with van der Waals surface area (Å²) in [5, 5.41) is 17.6. The minimum absolute atomic E-state index is 0.0720. The number of halogens is 3. The van der Waals surface area contributed by atoms with Gasteiger partial charge in [-0.3, -0.25) is 0 Å². The standard InChI is InChI=1S/C32H38F3N5OS/c1-5-22-15-23-18-40(21(4)32(33,34)35)19-31(13-9-6-10-14-31)24(23)16-26(22)38-30-36-17-27(41)29(39-30)37-25-11-7-8-12-28(25)42-20(2)3/h7-8,11-12,15-17,20,41H,4-6,9-10,13-14,18-19H2,1-3H3,(H2,36,37,38,39). The Balaban J connectivity index is 1.48. The molecule has 0 unspecified atom stereocenters. The van der Waals surface area contributed by atoms with Gasteiger partial charge in [0.1, 0.15) is 5.70 Å². The zero-order valence-electron chi connectivity index (χ0n) is 24.3. The molecule has 0 atom stereocenters. The maximum Gasteiger partial charge on any atom is 0.430 e. The molecule has 2 aromatic carbocycles. The first-order valence-electron chi connectivity index (χ1n) is 14.5. The van der Waals surface area contributed by atoms with E-state index in [0.29, 0.717) is 24.2 Å². The Labute approximate surface area is 249 Å². The number of anilines is 4. The first kappa shape index (κ1) is 30.1.